The largest absolute Gasteiger partial charge is 0.407 e. The first-order chi connectivity index (χ1) is 6.86. The van der Waals surface area contributed by atoms with Gasteiger partial charge < -0.3 is 5.73 Å². The molecule has 0 aromatic heterocycles. The highest BCUT2D eigenvalue weighted by molar-refractivity contribution is 5.35. The molecule has 0 fully saturated rings. The summed E-state index contributed by atoms with van der Waals surface area (Å²) >= 11 is 0. The molecule has 2 N–H and O–H groups in total. The van der Waals surface area contributed by atoms with Crippen LogP contribution in [0.3, 0.4) is 0 Å². The topological polar surface area (TPSA) is 49.8 Å². The van der Waals surface area contributed by atoms with Crippen LogP contribution in [-0.2, 0) is 0 Å². The van der Waals surface area contributed by atoms with E-state index >= 15 is 0 Å². The van der Waals surface area contributed by atoms with E-state index in [0.29, 0.717) is 0 Å². The first kappa shape index (κ1) is 11.5. The molecule has 0 saturated heterocycles. The molecule has 0 unspecified atom stereocenters. The lowest BCUT2D eigenvalue weighted by molar-refractivity contribution is -0.149. The van der Waals surface area contributed by atoms with Gasteiger partial charge in [-0.25, -0.2) is 4.39 Å². The van der Waals surface area contributed by atoms with E-state index in [9.17, 15) is 17.6 Å². The Morgan fingerprint density at radius 2 is 1.93 bits per heavy atom. The summed E-state index contributed by atoms with van der Waals surface area (Å²) in [4.78, 5) is 0. The van der Waals surface area contributed by atoms with Gasteiger partial charge in [0.15, 0.2) is 0 Å². The SMILES string of the molecule is N#Cc1ccc(F)c([C@@H](N)C(F)(F)F)c1. The molecule has 1 aromatic carbocycles. The van der Waals surface area contributed by atoms with Crippen molar-refractivity contribution in [2.45, 2.75) is 12.2 Å². The maximum Gasteiger partial charge on any atom is 0.407 e. The van der Waals surface area contributed by atoms with Crippen LogP contribution in [-0.4, -0.2) is 6.18 Å². The first-order valence-corrected chi connectivity index (χ1v) is 3.88. The van der Waals surface area contributed by atoms with Crippen molar-refractivity contribution in [1.29, 1.82) is 5.26 Å². The highest BCUT2D eigenvalue weighted by Gasteiger charge is 2.39. The van der Waals surface area contributed by atoms with Crippen LogP contribution in [0.25, 0.3) is 0 Å². The molecule has 0 saturated carbocycles. The molecule has 15 heavy (non-hydrogen) atoms. The van der Waals surface area contributed by atoms with Gasteiger partial charge in [0.05, 0.1) is 11.6 Å². The molecule has 0 aliphatic heterocycles. The number of nitrogens with two attached hydrogens (primary N) is 1. The third-order valence-electron chi connectivity index (χ3n) is 1.81. The Labute approximate surface area is 82.9 Å². The lowest BCUT2D eigenvalue weighted by Gasteiger charge is -2.16. The van der Waals surface area contributed by atoms with Crippen molar-refractivity contribution in [3.8, 4) is 6.07 Å². The van der Waals surface area contributed by atoms with Crippen LogP contribution in [0.2, 0.25) is 0 Å². The molecule has 0 heterocycles. The first-order valence-electron chi connectivity index (χ1n) is 3.88. The molecule has 2 nitrogen and oxygen atoms in total. The van der Waals surface area contributed by atoms with Gasteiger partial charge in [0.25, 0.3) is 0 Å². The van der Waals surface area contributed by atoms with Crippen molar-refractivity contribution in [2.24, 2.45) is 5.73 Å². The molecule has 1 aromatic rings. The summed E-state index contributed by atoms with van der Waals surface area (Å²) in [5.74, 6) is -1.07. The van der Waals surface area contributed by atoms with E-state index in [2.05, 4.69) is 0 Å². The molecule has 0 spiro atoms. The summed E-state index contributed by atoms with van der Waals surface area (Å²) in [5, 5.41) is 8.44. The number of halogens is 4. The van der Waals surface area contributed by atoms with Gasteiger partial charge in [-0.3, -0.25) is 0 Å². The molecule has 6 heteroatoms. The second kappa shape index (κ2) is 3.87. The normalized spacial score (nSPS) is 13.3. The number of hydrogen-bond acceptors (Lipinski definition) is 2. The Kier molecular flexibility index (Phi) is 2.95. The zero-order valence-corrected chi connectivity index (χ0v) is 7.35. The van der Waals surface area contributed by atoms with E-state index in [4.69, 9.17) is 11.0 Å². The average Bonchev–Trinajstić information content (AvgIpc) is 2.16. The molecule has 80 valence electrons. The van der Waals surface area contributed by atoms with Crippen molar-refractivity contribution in [3.63, 3.8) is 0 Å². The lowest BCUT2D eigenvalue weighted by atomic mass is 10.0. The van der Waals surface area contributed by atoms with Crippen LogP contribution in [0, 0.1) is 17.1 Å². The molecule has 0 aliphatic carbocycles. The fourth-order valence-electron chi connectivity index (χ4n) is 1.03. The van der Waals surface area contributed by atoms with Crippen molar-refractivity contribution in [1.82, 2.24) is 0 Å². The second-order valence-electron chi connectivity index (χ2n) is 2.87. The zero-order chi connectivity index (χ0) is 11.6. The number of alkyl halides is 3. The van der Waals surface area contributed by atoms with Crippen LogP contribution in [0.15, 0.2) is 18.2 Å². The summed E-state index contributed by atoms with van der Waals surface area (Å²) in [6, 6.07) is 1.88. The third kappa shape index (κ3) is 2.44. The highest BCUT2D eigenvalue weighted by atomic mass is 19.4. The Bertz CT molecular complexity index is 406. The van der Waals surface area contributed by atoms with Crippen molar-refractivity contribution in [2.75, 3.05) is 0 Å². The van der Waals surface area contributed by atoms with E-state index in [1.807, 2.05) is 0 Å². The van der Waals surface area contributed by atoms with Gasteiger partial charge in [0, 0.05) is 5.56 Å². The van der Waals surface area contributed by atoms with E-state index in [-0.39, 0.29) is 5.56 Å². The number of hydrogen-bond donors (Lipinski definition) is 1. The minimum Gasteiger partial charge on any atom is -0.316 e. The Balaban J connectivity index is 3.20. The fourth-order valence-corrected chi connectivity index (χ4v) is 1.03. The summed E-state index contributed by atoms with van der Waals surface area (Å²) in [6.07, 6.45) is -4.73. The summed E-state index contributed by atoms with van der Waals surface area (Å²) in [5.41, 5.74) is 4.04. The second-order valence-corrected chi connectivity index (χ2v) is 2.87. The quantitative estimate of drug-likeness (QED) is 0.735. The van der Waals surface area contributed by atoms with Crippen LogP contribution < -0.4 is 5.73 Å². The standard InChI is InChI=1S/C9H6F4N2/c10-7-2-1-5(4-14)3-6(7)8(15)9(11,12)13/h1-3,8H,15H2/t8-/m1/s1. The predicted molar refractivity (Wildman–Crippen MR) is 44.1 cm³/mol. The average molecular weight is 218 g/mol. The Morgan fingerprint density at radius 1 is 1.33 bits per heavy atom. The number of nitrogens with zero attached hydrogens (tertiary/aromatic N) is 1. The molecule has 0 amide bonds. The molecule has 1 rings (SSSR count). The van der Waals surface area contributed by atoms with Crippen molar-refractivity contribution < 1.29 is 17.6 Å². The molecular weight excluding hydrogens is 212 g/mol. The molecule has 1 atom stereocenters. The summed E-state index contributed by atoms with van der Waals surface area (Å²) < 4.78 is 49.5. The predicted octanol–water partition coefficient (Wildman–Crippen LogP) is 2.26. The van der Waals surface area contributed by atoms with Gasteiger partial charge in [-0.15, -0.1) is 0 Å². The maximum atomic E-state index is 13.0. The minimum atomic E-state index is -4.73. The molecule has 0 radical (unpaired) electrons. The summed E-state index contributed by atoms with van der Waals surface area (Å²) in [7, 11) is 0. The van der Waals surface area contributed by atoms with E-state index in [0.717, 1.165) is 18.2 Å². The van der Waals surface area contributed by atoms with Crippen LogP contribution >= 0.6 is 0 Å². The smallest absolute Gasteiger partial charge is 0.316 e. The van der Waals surface area contributed by atoms with Gasteiger partial charge in [0.1, 0.15) is 11.9 Å². The van der Waals surface area contributed by atoms with Crippen LogP contribution in [0.1, 0.15) is 17.2 Å². The van der Waals surface area contributed by atoms with Crippen LogP contribution in [0.5, 0.6) is 0 Å². The Morgan fingerprint density at radius 3 is 2.40 bits per heavy atom. The Hall–Kier alpha value is -1.61. The van der Waals surface area contributed by atoms with Gasteiger partial charge in [-0.2, -0.15) is 18.4 Å². The van der Waals surface area contributed by atoms with Gasteiger partial charge >= 0.3 is 6.18 Å². The van der Waals surface area contributed by atoms with E-state index in [1.54, 1.807) is 6.07 Å². The maximum absolute atomic E-state index is 13.0. The van der Waals surface area contributed by atoms with Gasteiger partial charge in [-0.05, 0) is 18.2 Å². The van der Waals surface area contributed by atoms with E-state index in [1.165, 1.54) is 0 Å². The molecule has 0 aliphatic rings. The lowest BCUT2D eigenvalue weighted by Crippen LogP contribution is -2.29. The fraction of sp³-hybridized carbons (Fsp3) is 0.222. The zero-order valence-electron chi connectivity index (χ0n) is 7.35. The highest BCUT2D eigenvalue weighted by Crippen LogP contribution is 2.32. The monoisotopic (exact) mass is 218 g/mol. The number of benzene rings is 1. The summed E-state index contributed by atoms with van der Waals surface area (Å²) in [6.45, 7) is 0. The van der Waals surface area contributed by atoms with Crippen molar-refractivity contribution >= 4 is 0 Å². The number of nitriles is 1. The van der Waals surface area contributed by atoms with Crippen LogP contribution in [0.4, 0.5) is 17.6 Å². The van der Waals surface area contributed by atoms with E-state index < -0.39 is 23.6 Å². The third-order valence-corrected chi connectivity index (χ3v) is 1.81. The van der Waals surface area contributed by atoms with Crippen molar-refractivity contribution in [3.05, 3.63) is 35.1 Å². The van der Waals surface area contributed by atoms with Gasteiger partial charge in [-0.1, -0.05) is 0 Å². The van der Waals surface area contributed by atoms with Gasteiger partial charge in [0.2, 0.25) is 0 Å². The number of rotatable bonds is 1. The molecular formula is C9H6F4N2. The minimum absolute atomic E-state index is 0.0638. The molecule has 0 bridgehead atoms.